The van der Waals surface area contributed by atoms with Gasteiger partial charge in [-0.05, 0) is 17.7 Å². The van der Waals surface area contributed by atoms with Gasteiger partial charge in [-0.25, -0.2) is 9.23 Å². The van der Waals surface area contributed by atoms with Crippen molar-refractivity contribution in [3.63, 3.8) is 0 Å². The van der Waals surface area contributed by atoms with Crippen LogP contribution >= 0.6 is 0 Å². The first kappa shape index (κ1) is 10.0. The van der Waals surface area contributed by atoms with Gasteiger partial charge in [-0.1, -0.05) is 12.1 Å². The smallest absolute Gasteiger partial charge is 0.234 e. The summed E-state index contributed by atoms with van der Waals surface area (Å²) >= 11 is 0. The van der Waals surface area contributed by atoms with Gasteiger partial charge in [0.1, 0.15) is 5.82 Å². The summed E-state index contributed by atoms with van der Waals surface area (Å²) in [6.07, 6.45) is 0. The normalized spacial score (nSPS) is 10.8. The van der Waals surface area contributed by atoms with E-state index in [0.717, 1.165) is 0 Å². The lowest BCUT2D eigenvalue weighted by Crippen LogP contribution is -2.17. The van der Waals surface area contributed by atoms with Gasteiger partial charge < -0.3 is 0 Å². The monoisotopic (exact) mass is 191 g/mol. The van der Waals surface area contributed by atoms with Gasteiger partial charge in [0.2, 0.25) is 0 Å². The van der Waals surface area contributed by atoms with E-state index in [4.69, 9.17) is 0 Å². The second-order valence-electron chi connectivity index (χ2n) is 2.33. The predicted molar refractivity (Wildman–Crippen MR) is 40.3 cm³/mol. The molecule has 2 nitrogen and oxygen atoms in total. The Labute approximate surface area is 73.3 Å². The number of rotatable bonds is 4. The van der Waals surface area contributed by atoms with Crippen molar-refractivity contribution in [2.75, 3.05) is 0 Å². The van der Waals surface area contributed by atoms with Crippen LogP contribution in [0.5, 0.6) is 0 Å². The average molecular weight is 191 g/mol. The van der Waals surface area contributed by atoms with Crippen LogP contribution in [0, 0.1) is 5.82 Å². The lowest BCUT2D eigenvalue weighted by Gasteiger charge is -2.03. The van der Waals surface area contributed by atoms with E-state index in [0.29, 0.717) is 5.56 Å². The Hall–Kier alpha value is -1.07. The maximum absolute atomic E-state index is 12.5. The fourth-order valence-electron chi connectivity index (χ4n) is 0.835. The zero-order chi connectivity index (χ0) is 9.68. The van der Waals surface area contributed by atoms with Crippen molar-refractivity contribution in [2.24, 2.45) is 0 Å². The molecule has 0 fully saturated rings. The zero-order valence-corrected chi connectivity index (χ0v) is 6.64. The van der Waals surface area contributed by atoms with E-state index in [1.165, 1.54) is 18.2 Å². The summed E-state index contributed by atoms with van der Waals surface area (Å²) in [6, 6.07) is 5.61. The number of hydrogen-bond acceptors (Lipinski definition) is 2. The average Bonchev–Trinajstić information content (AvgIpc) is 2.03. The van der Waals surface area contributed by atoms with Crippen molar-refractivity contribution >= 4 is 0 Å². The molecule has 0 saturated heterocycles. The molecule has 1 N–H and O–H groups in total. The number of hydrogen-bond donors (Lipinski definition) is 1. The van der Waals surface area contributed by atoms with Crippen LogP contribution in [-0.4, -0.2) is 6.61 Å². The molecule has 0 saturated carbocycles. The molecule has 0 radical (unpaired) electrons. The molecule has 0 amide bonds. The predicted octanol–water partition coefficient (Wildman–Crippen LogP) is 2.07. The molecule has 72 valence electrons. The SMILES string of the molecule is Fc1cccc(CNOC(F)F)c1. The van der Waals surface area contributed by atoms with Crippen molar-refractivity contribution in [1.29, 1.82) is 0 Å². The zero-order valence-electron chi connectivity index (χ0n) is 6.64. The largest absolute Gasteiger partial charge is 0.360 e. The van der Waals surface area contributed by atoms with Crippen LogP contribution < -0.4 is 5.48 Å². The van der Waals surface area contributed by atoms with Gasteiger partial charge in [0.15, 0.2) is 0 Å². The van der Waals surface area contributed by atoms with Crippen molar-refractivity contribution in [1.82, 2.24) is 5.48 Å². The van der Waals surface area contributed by atoms with E-state index in [-0.39, 0.29) is 6.54 Å². The van der Waals surface area contributed by atoms with Crippen molar-refractivity contribution in [2.45, 2.75) is 13.2 Å². The molecular weight excluding hydrogens is 183 g/mol. The summed E-state index contributed by atoms with van der Waals surface area (Å²) in [7, 11) is 0. The third-order valence-corrected chi connectivity index (χ3v) is 1.34. The van der Waals surface area contributed by atoms with Gasteiger partial charge in [0, 0.05) is 6.54 Å². The topological polar surface area (TPSA) is 21.3 Å². The Morgan fingerprint density at radius 1 is 1.38 bits per heavy atom. The van der Waals surface area contributed by atoms with Gasteiger partial charge in [-0.15, -0.1) is 0 Å². The van der Waals surface area contributed by atoms with Crippen molar-refractivity contribution < 1.29 is 18.0 Å². The second kappa shape index (κ2) is 4.84. The minimum atomic E-state index is -2.87. The van der Waals surface area contributed by atoms with Gasteiger partial charge in [0.25, 0.3) is 0 Å². The molecule has 1 aromatic rings. The molecule has 5 heteroatoms. The minimum absolute atomic E-state index is 0.0437. The summed E-state index contributed by atoms with van der Waals surface area (Å²) in [5, 5.41) is 0. The van der Waals surface area contributed by atoms with Gasteiger partial charge in [-0.2, -0.15) is 14.3 Å². The van der Waals surface area contributed by atoms with E-state index >= 15 is 0 Å². The number of nitrogens with one attached hydrogen (secondary N) is 1. The van der Waals surface area contributed by atoms with Crippen molar-refractivity contribution in [3.05, 3.63) is 35.6 Å². The van der Waals surface area contributed by atoms with Crippen LogP contribution in [-0.2, 0) is 11.4 Å². The number of halogens is 3. The molecule has 13 heavy (non-hydrogen) atoms. The summed E-state index contributed by atoms with van der Waals surface area (Å²) < 4.78 is 35.5. The Morgan fingerprint density at radius 2 is 2.15 bits per heavy atom. The van der Waals surface area contributed by atoms with Gasteiger partial charge in [-0.3, -0.25) is 0 Å². The number of hydroxylamine groups is 1. The molecule has 1 aromatic carbocycles. The van der Waals surface area contributed by atoms with Gasteiger partial charge >= 0.3 is 6.61 Å². The third-order valence-electron chi connectivity index (χ3n) is 1.34. The highest BCUT2D eigenvalue weighted by molar-refractivity contribution is 5.15. The standard InChI is InChI=1S/C8H8F3NO/c9-7-3-1-2-6(4-7)5-12-13-8(10)11/h1-4,8,12H,5H2. The Morgan fingerprint density at radius 3 is 2.77 bits per heavy atom. The fourth-order valence-corrected chi connectivity index (χ4v) is 0.835. The first-order chi connectivity index (χ1) is 6.18. The molecule has 0 bridgehead atoms. The Kier molecular flexibility index (Phi) is 3.72. The van der Waals surface area contributed by atoms with E-state index in [1.807, 2.05) is 5.48 Å². The molecule has 0 spiro atoms. The molecule has 0 unspecified atom stereocenters. The third kappa shape index (κ3) is 3.91. The lowest BCUT2D eigenvalue weighted by atomic mass is 10.2. The van der Waals surface area contributed by atoms with E-state index in [2.05, 4.69) is 4.84 Å². The van der Waals surface area contributed by atoms with E-state index < -0.39 is 12.4 Å². The summed E-state index contributed by atoms with van der Waals surface area (Å²) in [4.78, 5) is 3.78. The minimum Gasteiger partial charge on any atom is -0.234 e. The Bertz CT molecular complexity index is 267. The quantitative estimate of drug-likeness (QED) is 0.735. The lowest BCUT2D eigenvalue weighted by molar-refractivity contribution is -0.175. The molecule has 0 aromatic heterocycles. The first-order valence-electron chi connectivity index (χ1n) is 3.59. The molecule has 0 aliphatic heterocycles. The molecule has 0 aliphatic carbocycles. The maximum Gasteiger partial charge on any atom is 0.360 e. The molecular formula is C8H8F3NO. The van der Waals surface area contributed by atoms with Crippen LogP contribution in [0.3, 0.4) is 0 Å². The van der Waals surface area contributed by atoms with E-state index in [1.54, 1.807) is 6.07 Å². The van der Waals surface area contributed by atoms with Crippen LogP contribution in [0.15, 0.2) is 24.3 Å². The number of alkyl halides is 2. The van der Waals surface area contributed by atoms with Crippen LogP contribution in [0.4, 0.5) is 13.2 Å². The fraction of sp³-hybridized carbons (Fsp3) is 0.250. The Balaban J connectivity index is 2.37. The van der Waals surface area contributed by atoms with Crippen LogP contribution in [0.2, 0.25) is 0 Å². The second-order valence-corrected chi connectivity index (χ2v) is 2.33. The molecule has 1 rings (SSSR count). The van der Waals surface area contributed by atoms with E-state index in [9.17, 15) is 13.2 Å². The first-order valence-corrected chi connectivity index (χ1v) is 3.59. The number of benzene rings is 1. The molecule has 0 heterocycles. The summed E-state index contributed by atoms with van der Waals surface area (Å²) in [5.41, 5.74) is 2.55. The summed E-state index contributed by atoms with van der Waals surface area (Å²) in [5.74, 6) is -0.406. The van der Waals surface area contributed by atoms with Crippen LogP contribution in [0.1, 0.15) is 5.56 Å². The highest BCUT2D eigenvalue weighted by atomic mass is 19.3. The maximum atomic E-state index is 12.5. The molecule has 0 aliphatic rings. The summed E-state index contributed by atoms with van der Waals surface area (Å²) in [6.45, 7) is -2.82. The van der Waals surface area contributed by atoms with Crippen LogP contribution in [0.25, 0.3) is 0 Å². The van der Waals surface area contributed by atoms with Crippen molar-refractivity contribution in [3.8, 4) is 0 Å². The highest BCUT2D eigenvalue weighted by Gasteiger charge is 2.00. The molecule has 0 atom stereocenters. The van der Waals surface area contributed by atoms with Gasteiger partial charge in [0.05, 0.1) is 0 Å². The highest BCUT2D eigenvalue weighted by Crippen LogP contribution is 2.03.